The second-order valence-corrected chi connectivity index (χ2v) is 17.2. The van der Waals surface area contributed by atoms with Crippen LogP contribution in [0.3, 0.4) is 0 Å². The maximum Gasteiger partial charge on any atom is 0.238 e. The van der Waals surface area contributed by atoms with Gasteiger partial charge in [0, 0.05) is 49.5 Å². The topological polar surface area (TPSA) is 90.4 Å². The fourth-order valence-electron chi connectivity index (χ4n) is 9.70. The molecule has 13 aromatic rings. The zero-order valence-electron chi connectivity index (χ0n) is 38.0. The highest BCUT2D eigenvalue weighted by Gasteiger charge is 2.27. The van der Waals surface area contributed by atoms with E-state index in [0.717, 1.165) is 82.9 Å². The van der Waals surface area contributed by atoms with Crippen molar-refractivity contribution in [3.05, 3.63) is 236 Å². The van der Waals surface area contributed by atoms with Crippen LogP contribution in [-0.4, -0.2) is 39.0 Å². The van der Waals surface area contributed by atoms with Crippen molar-refractivity contribution in [3.63, 3.8) is 0 Å². The van der Waals surface area contributed by atoms with Crippen LogP contribution in [0.2, 0.25) is 0 Å². The zero-order chi connectivity index (χ0) is 46.5. The Morgan fingerprint density at radius 1 is 0.300 bits per heavy atom. The third kappa shape index (κ3) is 6.95. The summed E-state index contributed by atoms with van der Waals surface area (Å²) in [5.41, 5.74) is 11.7. The first-order valence-corrected chi connectivity index (χ1v) is 23.3. The van der Waals surface area contributed by atoms with E-state index in [1.165, 1.54) is 5.56 Å². The number of rotatable bonds is 9. The molecule has 0 spiro atoms. The predicted octanol–water partition coefficient (Wildman–Crippen LogP) is 14.7. The van der Waals surface area contributed by atoms with E-state index in [1.54, 1.807) is 0 Å². The number of fused-ring (bicyclic) bond motifs is 6. The van der Waals surface area contributed by atoms with E-state index < -0.39 is 0 Å². The van der Waals surface area contributed by atoms with Crippen molar-refractivity contribution in [2.75, 3.05) is 4.90 Å². The Kier molecular flexibility index (Phi) is 9.83. The number of hydrogen-bond acceptors (Lipinski definition) is 7. The first-order valence-electron chi connectivity index (χ1n) is 23.3. The third-order valence-electron chi connectivity index (χ3n) is 12.9. The van der Waals surface area contributed by atoms with Crippen LogP contribution < -0.4 is 4.90 Å². The molecule has 0 amide bonds. The van der Waals surface area contributed by atoms with Gasteiger partial charge in [0.25, 0.3) is 0 Å². The quantitative estimate of drug-likeness (QED) is 0.142. The van der Waals surface area contributed by atoms with Crippen molar-refractivity contribution in [1.82, 2.24) is 39.0 Å². The van der Waals surface area contributed by atoms with Crippen LogP contribution in [0.4, 0.5) is 17.1 Å². The Balaban J connectivity index is 1.08. The molecular formula is C61H41N9. The molecular weight excluding hydrogens is 859 g/mol. The van der Waals surface area contributed by atoms with Gasteiger partial charge in [-0.2, -0.15) is 19.9 Å². The molecule has 0 aliphatic carbocycles. The lowest BCUT2D eigenvalue weighted by molar-refractivity contribution is 0.953. The van der Waals surface area contributed by atoms with Gasteiger partial charge < -0.3 is 4.90 Å². The van der Waals surface area contributed by atoms with Crippen LogP contribution >= 0.6 is 0 Å². The molecule has 0 radical (unpaired) electrons. The minimum atomic E-state index is 0.533. The van der Waals surface area contributed by atoms with Gasteiger partial charge in [0.2, 0.25) is 11.9 Å². The summed E-state index contributed by atoms with van der Waals surface area (Å²) < 4.78 is 4.37. The van der Waals surface area contributed by atoms with Gasteiger partial charge in [-0.15, -0.1) is 0 Å². The van der Waals surface area contributed by atoms with Gasteiger partial charge in [0.15, 0.2) is 23.3 Å². The number of para-hydroxylation sites is 2. The van der Waals surface area contributed by atoms with E-state index >= 15 is 0 Å². The normalized spacial score (nSPS) is 11.5. The predicted molar refractivity (Wildman–Crippen MR) is 283 cm³/mol. The van der Waals surface area contributed by atoms with Crippen molar-refractivity contribution in [2.24, 2.45) is 0 Å². The maximum atomic E-state index is 5.24. The van der Waals surface area contributed by atoms with E-state index in [2.05, 4.69) is 130 Å². The number of hydrogen-bond donors (Lipinski definition) is 0. The Morgan fingerprint density at radius 3 is 1.00 bits per heavy atom. The number of aromatic nitrogens is 8. The molecule has 70 heavy (non-hydrogen) atoms. The van der Waals surface area contributed by atoms with Crippen LogP contribution in [0.15, 0.2) is 231 Å². The van der Waals surface area contributed by atoms with E-state index in [4.69, 9.17) is 29.9 Å². The lowest BCUT2D eigenvalue weighted by Crippen LogP contribution is -2.11. The second kappa shape index (κ2) is 16.9. The molecule has 0 N–H and O–H groups in total. The van der Waals surface area contributed by atoms with Crippen molar-refractivity contribution in [3.8, 4) is 57.4 Å². The van der Waals surface area contributed by atoms with Crippen LogP contribution in [0.5, 0.6) is 0 Å². The first kappa shape index (κ1) is 40.7. The van der Waals surface area contributed by atoms with Crippen molar-refractivity contribution < 1.29 is 0 Å². The molecule has 9 nitrogen and oxygen atoms in total. The lowest BCUT2D eigenvalue weighted by Gasteiger charge is -2.27. The third-order valence-corrected chi connectivity index (χ3v) is 12.9. The molecule has 9 heteroatoms. The average molecular weight is 900 g/mol. The summed E-state index contributed by atoms with van der Waals surface area (Å²) in [5.74, 6) is 3.46. The van der Waals surface area contributed by atoms with Gasteiger partial charge in [-0.3, -0.25) is 9.13 Å². The van der Waals surface area contributed by atoms with Crippen molar-refractivity contribution in [2.45, 2.75) is 6.92 Å². The summed E-state index contributed by atoms with van der Waals surface area (Å²) in [4.78, 5) is 33.4. The van der Waals surface area contributed by atoms with E-state index in [0.29, 0.717) is 35.2 Å². The highest BCUT2D eigenvalue weighted by molar-refractivity contribution is 6.20. The molecule has 4 aromatic heterocycles. The summed E-state index contributed by atoms with van der Waals surface area (Å²) in [7, 11) is 0. The Bertz CT molecular complexity index is 3700. The lowest BCUT2D eigenvalue weighted by atomic mass is 10.0. The molecule has 0 atom stereocenters. The SMILES string of the molecule is Cc1ccc(N(c2cccc3c2c2ccccc2n3-c2nc(-c3ccccc3)nc(-c3ccccc3)n2)c2cccc3c2c2ccccc2n3-c2nc(-c3ccccc3)nc(-c3ccccc3)n2)cc1. The first-order chi connectivity index (χ1) is 34.6. The second-order valence-electron chi connectivity index (χ2n) is 17.2. The molecule has 330 valence electrons. The van der Waals surface area contributed by atoms with Gasteiger partial charge in [-0.25, -0.2) is 9.97 Å². The Morgan fingerprint density at radius 2 is 0.629 bits per heavy atom. The molecule has 0 bridgehead atoms. The van der Waals surface area contributed by atoms with E-state index in [-0.39, 0.29) is 0 Å². The summed E-state index contributed by atoms with van der Waals surface area (Å²) >= 11 is 0. The molecule has 0 aliphatic heterocycles. The molecule has 9 aromatic carbocycles. The summed E-state index contributed by atoms with van der Waals surface area (Å²) in [6, 6.07) is 79.4. The summed E-state index contributed by atoms with van der Waals surface area (Å²) in [6.45, 7) is 2.13. The molecule has 0 saturated heterocycles. The highest BCUT2D eigenvalue weighted by Crippen LogP contribution is 2.48. The summed E-state index contributed by atoms with van der Waals surface area (Å²) in [5, 5.41) is 4.24. The summed E-state index contributed by atoms with van der Waals surface area (Å²) in [6.07, 6.45) is 0. The van der Waals surface area contributed by atoms with Crippen LogP contribution in [0.25, 0.3) is 101 Å². The fourth-order valence-corrected chi connectivity index (χ4v) is 9.70. The van der Waals surface area contributed by atoms with Gasteiger partial charge in [-0.05, 0) is 55.5 Å². The van der Waals surface area contributed by atoms with Gasteiger partial charge in [0.1, 0.15) is 0 Å². The van der Waals surface area contributed by atoms with Crippen molar-refractivity contribution in [1.29, 1.82) is 0 Å². The Labute approximate surface area is 403 Å². The zero-order valence-corrected chi connectivity index (χ0v) is 38.0. The van der Waals surface area contributed by atoms with Gasteiger partial charge >= 0.3 is 0 Å². The van der Waals surface area contributed by atoms with Gasteiger partial charge in [0.05, 0.1) is 33.4 Å². The molecule has 0 saturated carbocycles. The van der Waals surface area contributed by atoms with Crippen LogP contribution in [0, 0.1) is 6.92 Å². The molecule has 0 unspecified atom stereocenters. The average Bonchev–Trinajstić information content (AvgIpc) is 3.96. The molecule has 4 heterocycles. The number of anilines is 3. The highest BCUT2D eigenvalue weighted by atomic mass is 15.2. The van der Waals surface area contributed by atoms with Crippen LogP contribution in [0.1, 0.15) is 5.56 Å². The largest absolute Gasteiger partial charge is 0.309 e. The molecule has 13 rings (SSSR count). The monoisotopic (exact) mass is 899 g/mol. The van der Waals surface area contributed by atoms with Crippen molar-refractivity contribution >= 4 is 60.7 Å². The van der Waals surface area contributed by atoms with Gasteiger partial charge in [-0.1, -0.05) is 188 Å². The van der Waals surface area contributed by atoms with E-state index in [1.807, 2.05) is 121 Å². The molecule has 0 aliphatic rings. The van der Waals surface area contributed by atoms with Crippen LogP contribution in [-0.2, 0) is 0 Å². The smallest absolute Gasteiger partial charge is 0.238 e. The Hall–Kier alpha value is -9.60. The fraction of sp³-hybridized carbons (Fsp3) is 0.0164. The number of benzene rings is 9. The number of aryl methyl sites for hydroxylation is 1. The minimum absolute atomic E-state index is 0.533. The van der Waals surface area contributed by atoms with E-state index in [9.17, 15) is 0 Å². The minimum Gasteiger partial charge on any atom is -0.309 e. The number of nitrogens with zero attached hydrogens (tertiary/aromatic N) is 9. The standard InChI is InChI=1S/C61H41N9/c1-40-36-38-45(39-37-40)68(50-32-18-34-52-54(50)46-28-14-16-30-48(46)69(52)60-64-56(41-20-6-2-7-21-41)62-57(65-60)42-22-8-3-9-23-42)51-33-19-35-53-55(51)47-29-15-17-31-49(47)70(53)61-66-58(43-24-10-4-11-25-43)63-59(67-61)44-26-12-5-13-27-44/h2-39H,1H3. The maximum absolute atomic E-state index is 5.24. The molecule has 0 fully saturated rings.